The zero-order valence-electron chi connectivity index (χ0n) is 13.0. The Bertz CT molecular complexity index is 864. The summed E-state index contributed by atoms with van der Waals surface area (Å²) in [5.41, 5.74) is 0.381. The standard InChI is InChI=1S/C18H13Cl2N3O2/c19-12-7-13(20)9-15(8-12)23-17(25)18(5-6-18)16(24)22-14-3-1-11(10-21)2-4-14/h1-4,7-9H,5-6H2,(H,22,24)(H,23,25). The summed E-state index contributed by atoms with van der Waals surface area (Å²) in [6.07, 6.45) is 0.935. The molecule has 1 aliphatic carbocycles. The molecule has 0 bridgehead atoms. The van der Waals surface area contributed by atoms with Gasteiger partial charge in [-0.05, 0) is 55.3 Å². The Morgan fingerprint density at radius 2 is 1.44 bits per heavy atom. The first kappa shape index (κ1) is 17.3. The Morgan fingerprint density at radius 3 is 1.92 bits per heavy atom. The van der Waals surface area contributed by atoms with Crippen LogP contribution >= 0.6 is 23.2 Å². The minimum Gasteiger partial charge on any atom is -0.325 e. The van der Waals surface area contributed by atoms with Crippen LogP contribution in [0.5, 0.6) is 0 Å². The van der Waals surface area contributed by atoms with Crippen molar-refractivity contribution in [2.24, 2.45) is 5.41 Å². The van der Waals surface area contributed by atoms with E-state index in [1.165, 1.54) is 0 Å². The van der Waals surface area contributed by atoms with Crippen molar-refractivity contribution in [1.82, 2.24) is 0 Å². The van der Waals surface area contributed by atoms with Crippen LogP contribution in [0.15, 0.2) is 42.5 Å². The summed E-state index contributed by atoms with van der Waals surface area (Å²) in [5.74, 6) is -0.764. The topological polar surface area (TPSA) is 82.0 Å². The minimum atomic E-state index is -1.09. The first-order valence-corrected chi connectivity index (χ1v) is 8.28. The van der Waals surface area contributed by atoms with Crippen molar-refractivity contribution in [2.45, 2.75) is 12.8 Å². The molecule has 0 radical (unpaired) electrons. The molecule has 2 N–H and O–H groups in total. The number of nitrogens with zero attached hydrogens (tertiary/aromatic N) is 1. The van der Waals surface area contributed by atoms with Gasteiger partial charge in [-0.25, -0.2) is 0 Å². The number of carbonyl (C=O) groups excluding carboxylic acids is 2. The average Bonchev–Trinajstić information content (AvgIpc) is 3.36. The number of rotatable bonds is 4. The van der Waals surface area contributed by atoms with Gasteiger partial charge in [0.15, 0.2) is 0 Å². The zero-order valence-corrected chi connectivity index (χ0v) is 14.5. The number of hydrogen-bond acceptors (Lipinski definition) is 3. The third-order valence-corrected chi connectivity index (χ3v) is 4.45. The molecule has 0 heterocycles. The number of amides is 2. The van der Waals surface area contributed by atoms with Gasteiger partial charge in [0.05, 0.1) is 11.6 Å². The third kappa shape index (κ3) is 3.76. The lowest BCUT2D eigenvalue weighted by molar-refractivity contribution is -0.131. The van der Waals surface area contributed by atoms with E-state index in [-0.39, 0.29) is 5.91 Å². The van der Waals surface area contributed by atoms with Crippen LogP contribution in [0.2, 0.25) is 10.0 Å². The lowest BCUT2D eigenvalue weighted by Gasteiger charge is -2.16. The van der Waals surface area contributed by atoms with Gasteiger partial charge in [-0.15, -0.1) is 0 Å². The van der Waals surface area contributed by atoms with Crippen molar-refractivity contribution in [3.05, 3.63) is 58.1 Å². The molecule has 3 rings (SSSR count). The van der Waals surface area contributed by atoms with Gasteiger partial charge in [0.1, 0.15) is 5.41 Å². The highest BCUT2D eigenvalue weighted by Crippen LogP contribution is 2.47. The van der Waals surface area contributed by atoms with Crippen LogP contribution in [0.1, 0.15) is 18.4 Å². The van der Waals surface area contributed by atoms with E-state index in [1.807, 2.05) is 6.07 Å². The molecule has 2 aromatic rings. The number of nitriles is 1. The van der Waals surface area contributed by atoms with E-state index in [9.17, 15) is 9.59 Å². The molecular weight excluding hydrogens is 361 g/mol. The lowest BCUT2D eigenvalue weighted by atomic mass is 10.0. The Balaban J connectivity index is 1.71. The van der Waals surface area contributed by atoms with Crippen LogP contribution < -0.4 is 10.6 Å². The molecule has 25 heavy (non-hydrogen) atoms. The fourth-order valence-corrected chi connectivity index (χ4v) is 2.96. The quantitative estimate of drug-likeness (QED) is 0.786. The van der Waals surface area contributed by atoms with Gasteiger partial charge in [-0.3, -0.25) is 9.59 Å². The molecule has 0 saturated heterocycles. The van der Waals surface area contributed by atoms with E-state index in [1.54, 1.807) is 42.5 Å². The van der Waals surface area contributed by atoms with Crippen LogP contribution in [0.3, 0.4) is 0 Å². The van der Waals surface area contributed by atoms with Crippen LogP contribution in [0.4, 0.5) is 11.4 Å². The molecule has 7 heteroatoms. The second-order valence-electron chi connectivity index (χ2n) is 5.84. The lowest BCUT2D eigenvalue weighted by Crippen LogP contribution is -2.35. The molecule has 1 aliphatic rings. The molecule has 1 fully saturated rings. The molecule has 0 atom stereocenters. The maximum absolute atomic E-state index is 12.6. The summed E-state index contributed by atoms with van der Waals surface area (Å²) >= 11 is 11.8. The third-order valence-electron chi connectivity index (χ3n) is 4.01. The maximum Gasteiger partial charge on any atom is 0.240 e. The Morgan fingerprint density at radius 1 is 0.920 bits per heavy atom. The molecule has 0 aliphatic heterocycles. The second-order valence-corrected chi connectivity index (χ2v) is 6.71. The summed E-state index contributed by atoms with van der Waals surface area (Å²) in [6, 6.07) is 13.2. The Kier molecular flexibility index (Phi) is 4.67. The number of halogens is 2. The molecular formula is C18H13Cl2N3O2. The number of carbonyl (C=O) groups is 2. The maximum atomic E-state index is 12.6. The molecule has 0 spiro atoms. The van der Waals surface area contributed by atoms with Crippen molar-refractivity contribution in [3.8, 4) is 6.07 Å². The molecule has 1 saturated carbocycles. The summed E-state index contributed by atoms with van der Waals surface area (Å²) in [6.45, 7) is 0. The van der Waals surface area contributed by atoms with E-state index in [4.69, 9.17) is 28.5 Å². The summed E-state index contributed by atoms with van der Waals surface area (Å²) in [5, 5.41) is 15.0. The zero-order chi connectivity index (χ0) is 18.0. The fourth-order valence-electron chi connectivity index (χ4n) is 2.44. The van der Waals surface area contributed by atoms with E-state index in [0.717, 1.165) is 0 Å². The predicted molar refractivity (Wildman–Crippen MR) is 96.5 cm³/mol. The number of anilines is 2. The highest BCUT2D eigenvalue weighted by molar-refractivity contribution is 6.35. The monoisotopic (exact) mass is 373 g/mol. The first-order valence-electron chi connectivity index (χ1n) is 7.52. The van der Waals surface area contributed by atoms with Crippen molar-refractivity contribution in [1.29, 1.82) is 5.26 Å². The molecule has 2 amide bonds. The van der Waals surface area contributed by atoms with E-state index in [0.29, 0.717) is 39.8 Å². The van der Waals surface area contributed by atoms with Gasteiger partial charge < -0.3 is 10.6 Å². The van der Waals surface area contributed by atoms with Crippen molar-refractivity contribution < 1.29 is 9.59 Å². The molecule has 5 nitrogen and oxygen atoms in total. The second kappa shape index (κ2) is 6.75. The van der Waals surface area contributed by atoms with Gasteiger partial charge >= 0.3 is 0 Å². The van der Waals surface area contributed by atoms with Gasteiger partial charge in [-0.1, -0.05) is 23.2 Å². The largest absolute Gasteiger partial charge is 0.325 e. The minimum absolute atomic E-state index is 0.372. The van der Waals surface area contributed by atoms with Gasteiger partial charge in [-0.2, -0.15) is 5.26 Å². The summed E-state index contributed by atoms with van der Waals surface area (Å²) in [7, 11) is 0. The molecule has 0 unspecified atom stereocenters. The van der Waals surface area contributed by atoms with Crippen molar-refractivity contribution in [3.63, 3.8) is 0 Å². The number of nitrogens with one attached hydrogen (secondary N) is 2. The summed E-state index contributed by atoms with van der Waals surface area (Å²) in [4.78, 5) is 25.1. The number of hydrogen-bond donors (Lipinski definition) is 2. The normalized spacial score (nSPS) is 14.3. The van der Waals surface area contributed by atoms with Crippen molar-refractivity contribution >= 4 is 46.4 Å². The van der Waals surface area contributed by atoms with Crippen LogP contribution in [-0.4, -0.2) is 11.8 Å². The van der Waals surface area contributed by atoms with Crippen molar-refractivity contribution in [2.75, 3.05) is 10.6 Å². The van der Waals surface area contributed by atoms with Gasteiger partial charge in [0.2, 0.25) is 11.8 Å². The van der Waals surface area contributed by atoms with Crippen LogP contribution in [0.25, 0.3) is 0 Å². The molecule has 126 valence electrons. The average molecular weight is 374 g/mol. The van der Waals surface area contributed by atoms with Gasteiger partial charge in [0.25, 0.3) is 0 Å². The SMILES string of the molecule is N#Cc1ccc(NC(=O)C2(C(=O)Nc3cc(Cl)cc(Cl)c3)CC2)cc1. The molecule has 2 aromatic carbocycles. The van der Waals surface area contributed by atoms with Crippen LogP contribution in [-0.2, 0) is 9.59 Å². The fraction of sp³-hybridized carbons (Fsp3) is 0.167. The van der Waals surface area contributed by atoms with Gasteiger partial charge in [0, 0.05) is 21.4 Å². The predicted octanol–water partition coefficient (Wildman–Crippen LogP) is 4.22. The first-order chi connectivity index (χ1) is 11.9. The highest BCUT2D eigenvalue weighted by Gasteiger charge is 2.56. The summed E-state index contributed by atoms with van der Waals surface area (Å²) < 4.78 is 0. The Hall–Kier alpha value is -2.55. The molecule has 0 aromatic heterocycles. The van der Waals surface area contributed by atoms with E-state index >= 15 is 0 Å². The Labute approximate surface area is 154 Å². The number of benzene rings is 2. The highest BCUT2D eigenvalue weighted by atomic mass is 35.5. The van der Waals surface area contributed by atoms with E-state index < -0.39 is 11.3 Å². The van der Waals surface area contributed by atoms with Crippen LogP contribution in [0, 0.1) is 16.7 Å². The van der Waals surface area contributed by atoms with E-state index in [2.05, 4.69) is 10.6 Å². The smallest absolute Gasteiger partial charge is 0.240 e.